The summed E-state index contributed by atoms with van der Waals surface area (Å²) in [5.41, 5.74) is 1.52. The second kappa shape index (κ2) is 4.38. The monoisotopic (exact) mass is 150 g/mol. The van der Waals surface area contributed by atoms with Crippen molar-refractivity contribution >= 4 is 0 Å². The van der Waals surface area contributed by atoms with E-state index in [1.165, 1.54) is 31.3 Å². The Balaban J connectivity index is 2.62. The Morgan fingerprint density at radius 2 is 2.27 bits per heavy atom. The van der Waals surface area contributed by atoms with E-state index in [2.05, 4.69) is 32.1 Å². The summed E-state index contributed by atoms with van der Waals surface area (Å²) in [6, 6.07) is 0. The van der Waals surface area contributed by atoms with Crippen LogP contribution in [0.15, 0.2) is 23.8 Å². The van der Waals surface area contributed by atoms with Gasteiger partial charge in [0.2, 0.25) is 0 Å². The summed E-state index contributed by atoms with van der Waals surface area (Å²) in [5, 5.41) is 0. The molecule has 11 heavy (non-hydrogen) atoms. The fourth-order valence-electron chi connectivity index (χ4n) is 1.54. The minimum absolute atomic E-state index is 0.833. The molecule has 0 amide bonds. The third kappa shape index (κ3) is 2.53. The highest BCUT2D eigenvalue weighted by molar-refractivity contribution is 5.20. The molecule has 0 heterocycles. The first-order valence-corrected chi connectivity index (χ1v) is 4.74. The Bertz CT molecular complexity index is 163. The number of hydrogen-bond donors (Lipinski definition) is 0. The Morgan fingerprint density at radius 3 is 2.91 bits per heavy atom. The number of allylic oxidation sites excluding steroid dienone is 4. The molecule has 1 rings (SSSR count). The lowest BCUT2D eigenvalue weighted by Crippen LogP contribution is -1.92. The van der Waals surface area contributed by atoms with E-state index in [0.717, 1.165) is 5.92 Å². The third-order valence-corrected chi connectivity index (χ3v) is 2.42. The summed E-state index contributed by atoms with van der Waals surface area (Å²) < 4.78 is 0. The van der Waals surface area contributed by atoms with Gasteiger partial charge in [-0.1, -0.05) is 37.6 Å². The molecule has 1 unspecified atom stereocenters. The second-order valence-electron chi connectivity index (χ2n) is 3.24. The van der Waals surface area contributed by atoms with Crippen molar-refractivity contribution in [3.05, 3.63) is 23.8 Å². The molecule has 0 saturated carbocycles. The van der Waals surface area contributed by atoms with E-state index in [1.807, 2.05) is 0 Å². The van der Waals surface area contributed by atoms with Crippen LogP contribution < -0.4 is 0 Å². The summed E-state index contributed by atoms with van der Waals surface area (Å²) in [7, 11) is 0. The lowest BCUT2D eigenvalue weighted by Gasteiger charge is -2.06. The Labute approximate surface area is 70.0 Å². The predicted octanol–water partition coefficient (Wildman–Crippen LogP) is 3.70. The largest absolute Gasteiger partial charge is 0.0843 e. The van der Waals surface area contributed by atoms with Gasteiger partial charge in [0.15, 0.2) is 0 Å². The SMILES string of the molecule is CCC1=CC(CC)CCC=C1. The van der Waals surface area contributed by atoms with Crippen molar-refractivity contribution in [1.82, 2.24) is 0 Å². The van der Waals surface area contributed by atoms with Gasteiger partial charge in [-0.05, 0) is 31.6 Å². The van der Waals surface area contributed by atoms with Crippen molar-refractivity contribution in [2.75, 3.05) is 0 Å². The van der Waals surface area contributed by atoms with Gasteiger partial charge in [-0.25, -0.2) is 0 Å². The predicted molar refractivity (Wildman–Crippen MR) is 50.5 cm³/mol. The van der Waals surface area contributed by atoms with Crippen molar-refractivity contribution in [2.24, 2.45) is 5.92 Å². The fraction of sp³-hybridized carbons (Fsp3) is 0.636. The lowest BCUT2D eigenvalue weighted by molar-refractivity contribution is 0.580. The standard InChI is InChI=1S/C11H18/c1-3-10-7-5-6-8-11(4-2)9-10/h5,7,9,11H,3-4,6,8H2,1-2H3. The molecule has 0 aliphatic heterocycles. The average Bonchev–Trinajstić information content (AvgIpc) is 2.28. The van der Waals surface area contributed by atoms with Crippen LogP contribution >= 0.6 is 0 Å². The number of hydrogen-bond acceptors (Lipinski definition) is 0. The fourth-order valence-corrected chi connectivity index (χ4v) is 1.54. The van der Waals surface area contributed by atoms with Gasteiger partial charge in [0.25, 0.3) is 0 Å². The third-order valence-electron chi connectivity index (χ3n) is 2.42. The molecule has 0 aromatic rings. The first kappa shape index (κ1) is 8.58. The minimum Gasteiger partial charge on any atom is -0.0843 e. The molecule has 0 aromatic heterocycles. The van der Waals surface area contributed by atoms with Gasteiger partial charge in [0.05, 0.1) is 0 Å². The van der Waals surface area contributed by atoms with E-state index >= 15 is 0 Å². The molecule has 0 aromatic carbocycles. The Morgan fingerprint density at radius 1 is 1.45 bits per heavy atom. The molecule has 0 spiro atoms. The highest BCUT2D eigenvalue weighted by atomic mass is 14.1. The first-order valence-electron chi connectivity index (χ1n) is 4.74. The molecule has 0 nitrogen and oxygen atoms in total. The minimum atomic E-state index is 0.833. The second-order valence-corrected chi connectivity index (χ2v) is 3.24. The molecule has 1 atom stereocenters. The zero-order valence-corrected chi connectivity index (χ0v) is 7.64. The van der Waals surface area contributed by atoms with Crippen LogP contribution in [0, 0.1) is 5.92 Å². The summed E-state index contributed by atoms with van der Waals surface area (Å²) in [5.74, 6) is 0.833. The van der Waals surface area contributed by atoms with E-state index < -0.39 is 0 Å². The summed E-state index contributed by atoms with van der Waals surface area (Å²) in [6.45, 7) is 4.51. The van der Waals surface area contributed by atoms with Crippen LogP contribution in [-0.2, 0) is 0 Å². The Hall–Kier alpha value is -0.520. The molecule has 1 aliphatic carbocycles. The molecule has 1 aliphatic rings. The molecule has 0 bridgehead atoms. The van der Waals surface area contributed by atoms with E-state index in [0.29, 0.717) is 0 Å². The van der Waals surface area contributed by atoms with E-state index in [-0.39, 0.29) is 0 Å². The van der Waals surface area contributed by atoms with Gasteiger partial charge >= 0.3 is 0 Å². The van der Waals surface area contributed by atoms with Crippen LogP contribution in [0.1, 0.15) is 39.5 Å². The molecule has 0 radical (unpaired) electrons. The molecule has 0 N–H and O–H groups in total. The summed E-state index contributed by atoms with van der Waals surface area (Å²) >= 11 is 0. The highest BCUT2D eigenvalue weighted by Gasteiger charge is 2.04. The maximum Gasteiger partial charge on any atom is -0.0227 e. The van der Waals surface area contributed by atoms with E-state index in [9.17, 15) is 0 Å². The Kier molecular flexibility index (Phi) is 3.41. The van der Waals surface area contributed by atoms with Crippen LogP contribution in [0.3, 0.4) is 0 Å². The molecular formula is C11H18. The normalized spacial score (nSPS) is 24.5. The maximum atomic E-state index is 2.45. The quantitative estimate of drug-likeness (QED) is 0.563. The van der Waals surface area contributed by atoms with Crippen LogP contribution in [-0.4, -0.2) is 0 Å². The average molecular weight is 150 g/mol. The molecule has 62 valence electrons. The lowest BCUT2D eigenvalue weighted by atomic mass is 9.99. The molecule has 0 saturated heterocycles. The first-order chi connectivity index (χ1) is 5.36. The summed E-state index contributed by atoms with van der Waals surface area (Å²) in [6.07, 6.45) is 12.1. The molecule has 0 fully saturated rings. The molecular weight excluding hydrogens is 132 g/mol. The summed E-state index contributed by atoms with van der Waals surface area (Å²) in [4.78, 5) is 0. The van der Waals surface area contributed by atoms with Crippen LogP contribution in [0.4, 0.5) is 0 Å². The van der Waals surface area contributed by atoms with Gasteiger partial charge in [0.1, 0.15) is 0 Å². The number of rotatable bonds is 2. The molecule has 0 heteroatoms. The van der Waals surface area contributed by atoms with Gasteiger partial charge in [-0.3, -0.25) is 0 Å². The topological polar surface area (TPSA) is 0 Å². The zero-order valence-electron chi connectivity index (χ0n) is 7.64. The smallest absolute Gasteiger partial charge is 0.0227 e. The van der Waals surface area contributed by atoms with Gasteiger partial charge < -0.3 is 0 Å². The van der Waals surface area contributed by atoms with Crippen molar-refractivity contribution in [3.8, 4) is 0 Å². The van der Waals surface area contributed by atoms with Crippen molar-refractivity contribution in [3.63, 3.8) is 0 Å². The highest BCUT2D eigenvalue weighted by Crippen LogP contribution is 2.20. The van der Waals surface area contributed by atoms with E-state index in [1.54, 1.807) is 0 Å². The van der Waals surface area contributed by atoms with Crippen LogP contribution in [0.2, 0.25) is 0 Å². The van der Waals surface area contributed by atoms with Crippen molar-refractivity contribution in [1.29, 1.82) is 0 Å². The zero-order chi connectivity index (χ0) is 8.10. The van der Waals surface area contributed by atoms with E-state index in [4.69, 9.17) is 0 Å². The van der Waals surface area contributed by atoms with Gasteiger partial charge in [0, 0.05) is 0 Å². The van der Waals surface area contributed by atoms with Gasteiger partial charge in [-0.15, -0.1) is 0 Å². The van der Waals surface area contributed by atoms with Crippen LogP contribution in [0.5, 0.6) is 0 Å². The van der Waals surface area contributed by atoms with Crippen molar-refractivity contribution < 1.29 is 0 Å². The van der Waals surface area contributed by atoms with Crippen molar-refractivity contribution in [2.45, 2.75) is 39.5 Å². The van der Waals surface area contributed by atoms with Gasteiger partial charge in [-0.2, -0.15) is 0 Å². The maximum absolute atomic E-state index is 2.45. The van der Waals surface area contributed by atoms with Crippen LogP contribution in [0.25, 0.3) is 0 Å².